The van der Waals surface area contributed by atoms with Gasteiger partial charge in [-0.3, -0.25) is 4.98 Å². The zero-order valence-electron chi connectivity index (χ0n) is 15.6. The molecular weight excluding hydrogens is 425 g/mol. The molecule has 0 saturated carbocycles. The van der Waals surface area contributed by atoms with Gasteiger partial charge in [0.15, 0.2) is 0 Å². The number of nitriles is 1. The second kappa shape index (κ2) is 7.73. The third-order valence-electron chi connectivity index (χ3n) is 5.19. The van der Waals surface area contributed by atoms with Crippen molar-refractivity contribution in [2.24, 2.45) is 0 Å². The Morgan fingerprint density at radius 2 is 2.07 bits per heavy atom. The van der Waals surface area contributed by atoms with Crippen molar-refractivity contribution < 1.29 is 9.47 Å². The lowest BCUT2D eigenvalue weighted by Gasteiger charge is -2.16. The highest BCUT2D eigenvalue weighted by Crippen LogP contribution is 2.33. The summed E-state index contributed by atoms with van der Waals surface area (Å²) < 4.78 is 14.1. The van der Waals surface area contributed by atoms with Crippen LogP contribution in [0.4, 0.5) is 0 Å². The number of halogens is 2. The highest BCUT2D eigenvalue weighted by molar-refractivity contribution is 6.36. The smallest absolute Gasteiger partial charge is 0.146 e. The highest BCUT2D eigenvalue weighted by Gasteiger charge is 2.28. The van der Waals surface area contributed by atoms with E-state index in [4.69, 9.17) is 37.9 Å². The Hall–Kier alpha value is -2.92. The third-order valence-corrected chi connectivity index (χ3v) is 5.90. The molecule has 9 heteroatoms. The van der Waals surface area contributed by atoms with E-state index in [0.29, 0.717) is 33.6 Å². The minimum Gasteiger partial charge on any atom is -0.491 e. The number of nitrogens with zero attached hydrogens (tertiary/aromatic N) is 5. The topological polar surface area (TPSA) is 85.9 Å². The van der Waals surface area contributed by atoms with Crippen LogP contribution in [0.2, 0.25) is 10.2 Å². The van der Waals surface area contributed by atoms with E-state index in [9.17, 15) is 0 Å². The molecule has 1 saturated heterocycles. The molecule has 0 N–H and O–H groups in total. The first kappa shape index (κ1) is 19.1. The highest BCUT2D eigenvalue weighted by atomic mass is 35.5. The maximum absolute atomic E-state index is 9.07. The fourth-order valence-corrected chi connectivity index (χ4v) is 4.13. The van der Waals surface area contributed by atoms with Gasteiger partial charge in [0.2, 0.25) is 0 Å². The quantitative estimate of drug-likeness (QED) is 0.419. The van der Waals surface area contributed by atoms with Crippen molar-refractivity contribution in [1.82, 2.24) is 19.5 Å². The molecule has 3 aromatic heterocycles. The van der Waals surface area contributed by atoms with Gasteiger partial charge < -0.3 is 14.0 Å². The molecule has 0 aliphatic carbocycles. The largest absolute Gasteiger partial charge is 0.491 e. The summed E-state index contributed by atoms with van der Waals surface area (Å²) in [5.74, 6) is 0.675. The minimum atomic E-state index is -0.122. The van der Waals surface area contributed by atoms with Gasteiger partial charge in [-0.25, -0.2) is 9.97 Å². The van der Waals surface area contributed by atoms with Gasteiger partial charge in [-0.15, -0.1) is 0 Å². The Labute approximate surface area is 181 Å². The standard InChI is InChI=1S/C21H15Cl2N5O2/c22-19-12(8-24)9-25-17-7-13(1-3-15(17)19)29-10-14-2-4-18(30-14)28-6-5-16-20(23)26-11-27-21(16)28/h1,3,5-7,9,11,14,18H,2,4,10H2/t14-,18+/m0/s1. The molecule has 5 rings (SSSR count). The molecule has 7 nitrogen and oxygen atoms in total. The summed E-state index contributed by atoms with van der Waals surface area (Å²) in [7, 11) is 0. The molecule has 1 aliphatic heterocycles. The van der Waals surface area contributed by atoms with E-state index in [0.717, 1.165) is 29.3 Å². The van der Waals surface area contributed by atoms with Crippen molar-refractivity contribution in [1.29, 1.82) is 5.26 Å². The maximum Gasteiger partial charge on any atom is 0.146 e. The number of aromatic nitrogens is 4. The van der Waals surface area contributed by atoms with Crippen LogP contribution in [-0.4, -0.2) is 32.2 Å². The second-order valence-corrected chi connectivity index (χ2v) is 7.74. The zero-order valence-corrected chi connectivity index (χ0v) is 17.1. The lowest BCUT2D eigenvalue weighted by Crippen LogP contribution is -2.18. The molecule has 30 heavy (non-hydrogen) atoms. The van der Waals surface area contributed by atoms with Gasteiger partial charge in [0.25, 0.3) is 0 Å². The van der Waals surface area contributed by atoms with Crippen LogP contribution in [0.25, 0.3) is 21.9 Å². The van der Waals surface area contributed by atoms with Gasteiger partial charge in [0.05, 0.1) is 27.6 Å². The van der Waals surface area contributed by atoms with Crippen LogP contribution in [0.5, 0.6) is 5.75 Å². The lowest BCUT2D eigenvalue weighted by molar-refractivity contribution is -0.0156. The fraction of sp³-hybridized carbons (Fsp3) is 0.238. The first-order valence-electron chi connectivity index (χ1n) is 9.37. The number of hydrogen-bond donors (Lipinski definition) is 0. The Bertz CT molecular complexity index is 1300. The second-order valence-electron chi connectivity index (χ2n) is 7.00. The molecule has 0 spiro atoms. The Balaban J connectivity index is 1.27. The molecule has 0 bridgehead atoms. The Morgan fingerprint density at radius 3 is 2.93 bits per heavy atom. The molecule has 2 atom stereocenters. The van der Waals surface area contributed by atoms with E-state index >= 15 is 0 Å². The van der Waals surface area contributed by atoms with Crippen molar-refractivity contribution in [2.75, 3.05) is 6.61 Å². The van der Waals surface area contributed by atoms with Gasteiger partial charge in [-0.05, 0) is 31.0 Å². The SMILES string of the molecule is N#Cc1cnc2cc(OC[C@@H]3CC[C@H](n4ccc5c(Cl)ncnc54)O3)ccc2c1Cl. The van der Waals surface area contributed by atoms with Crippen LogP contribution in [0.15, 0.2) is 43.0 Å². The van der Waals surface area contributed by atoms with E-state index in [-0.39, 0.29) is 12.3 Å². The van der Waals surface area contributed by atoms with Crippen LogP contribution < -0.4 is 4.74 Å². The molecule has 0 radical (unpaired) electrons. The first-order chi connectivity index (χ1) is 14.6. The van der Waals surface area contributed by atoms with Crippen molar-refractivity contribution in [3.8, 4) is 11.8 Å². The first-order valence-corrected chi connectivity index (χ1v) is 10.1. The van der Waals surface area contributed by atoms with Crippen molar-refractivity contribution >= 4 is 45.1 Å². The van der Waals surface area contributed by atoms with Gasteiger partial charge >= 0.3 is 0 Å². The number of rotatable bonds is 4. The van der Waals surface area contributed by atoms with Crippen molar-refractivity contribution in [3.63, 3.8) is 0 Å². The summed E-state index contributed by atoms with van der Waals surface area (Å²) in [6, 6.07) is 9.38. The molecule has 4 heterocycles. The molecule has 0 amide bonds. The van der Waals surface area contributed by atoms with Crippen LogP contribution in [0.1, 0.15) is 24.6 Å². The van der Waals surface area contributed by atoms with Crippen LogP contribution in [0, 0.1) is 11.3 Å². The van der Waals surface area contributed by atoms with Gasteiger partial charge in [0, 0.05) is 23.8 Å². The summed E-state index contributed by atoms with van der Waals surface area (Å²) in [5, 5.41) is 11.4. The predicted octanol–water partition coefficient (Wildman–Crippen LogP) is 4.91. The average molecular weight is 440 g/mol. The van der Waals surface area contributed by atoms with Crippen molar-refractivity contribution in [3.05, 3.63) is 58.7 Å². The van der Waals surface area contributed by atoms with E-state index < -0.39 is 0 Å². The van der Waals surface area contributed by atoms with Gasteiger partial charge in [0.1, 0.15) is 41.8 Å². The van der Waals surface area contributed by atoms with E-state index in [1.165, 1.54) is 12.5 Å². The number of ether oxygens (including phenoxy) is 2. The number of benzene rings is 1. The maximum atomic E-state index is 9.07. The number of fused-ring (bicyclic) bond motifs is 2. The van der Waals surface area contributed by atoms with Crippen molar-refractivity contribution in [2.45, 2.75) is 25.2 Å². The monoisotopic (exact) mass is 439 g/mol. The number of hydrogen-bond acceptors (Lipinski definition) is 6. The summed E-state index contributed by atoms with van der Waals surface area (Å²) >= 11 is 12.4. The normalized spacial score (nSPS) is 18.7. The summed E-state index contributed by atoms with van der Waals surface area (Å²) in [6.45, 7) is 0.418. The lowest BCUT2D eigenvalue weighted by atomic mass is 10.1. The van der Waals surface area contributed by atoms with Gasteiger partial charge in [-0.1, -0.05) is 23.2 Å². The van der Waals surface area contributed by atoms with E-state index in [1.54, 1.807) is 0 Å². The molecule has 0 unspecified atom stereocenters. The molecular formula is C21H15Cl2N5O2. The molecule has 1 aliphatic rings. The molecule has 150 valence electrons. The zero-order chi connectivity index (χ0) is 20.7. The number of pyridine rings is 1. The molecule has 1 aromatic carbocycles. The average Bonchev–Trinajstić information content (AvgIpc) is 3.40. The Morgan fingerprint density at radius 1 is 1.17 bits per heavy atom. The van der Waals surface area contributed by atoms with Gasteiger partial charge in [-0.2, -0.15) is 5.26 Å². The summed E-state index contributed by atoms with van der Waals surface area (Å²) in [5.41, 5.74) is 1.79. The summed E-state index contributed by atoms with van der Waals surface area (Å²) in [4.78, 5) is 12.6. The minimum absolute atomic E-state index is 0.0435. The van der Waals surface area contributed by atoms with Crippen LogP contribution in [0.3, 0.4) is 0 Å². The molecule has 4 aromatic rings. The van der Waals surface area contributed by atoms with E-state index in [1.807, 2.05) is 41.1 Å². The van der Waals surface area contributed by atoms with E-state index in [2.05, 4.69) is 15.0 Å². The Kier molecular flexibility index (Phi) is 4.91. The predicted molar refractivity (Wildman–Crippen MR) is 113 cm³/mol. The summed E-state index contributed by atoms with van der Waals surface area (Å²) in [6.07, 6.45) is 6.40. The fourth-order valence-electron chi connectivity index (χ4n) is 3.68. The van der Waals surface area contributed by atoms with Crippen LogP contribution >= 0.6 is 23.2 Å². The third kappa shape index (κ3) is 3.33. The molecule has 1 fully saturated rings. The van der Waals surface area contributed by atoms with Crippen LogP contribution in [-0.2, 0) is 4.74 Å².